The van der Waals surface area contributed by atoms with Crippen molar-refractivity contribution in [1.29, 1.82) is 0 Å². The summed E-state index contributed by atoms with van der Waals surface area (Å²) >= 11 is 0. The summed E-state index contributed by atoms with van der Waals surface area (Å²) in [7, 11) is 0. The zero-order valence-corrected chi connectivity index (χ0v) is 10.8. The average Bonchev–Trinajstić information content (AvgIpc) is 2.84. The Morgan fingerprint density at radius 1 is 1.47 bits per heavy atom. The van der Waals surface area contributed by atoms with E-state index in [-0.39, 0.29) is 11.6 Å². The van der Waals surface area contributed by atoms with Gasteiger partial charge >= 0.3 is 0 Å². The lowest BCUT2D eigenvalue weighted by Gasteiger charge is -2.12. The summed E-state index contributed by atoms with van der Waals surface area (Å²) in [6, 6.07) is 6.32. The summed E-state index contributed by atoms with van der Waals surface area (Å²) in [5, 5.41) is 4.03. The van der Waals surface area contributed by atoms with Gasteiger partial charge < -0.3 is 4.74 Å². The maximum Gasteiger partial charge on any atom is 0.170 e. The van der Waals surface area contributed by atoms with Gasteiger partial charge in [-0.05, 0) is 25.5 Å². The number of ketones is 1. The molecule has 1 heterocycles. The van der Waals surface area contributed by atoms with E-state index < -0.39 is 6.10 Å². The zero-order valence-electron chi connectivity index (χ0n) is 10.8. The number of hydrogen-bond donors (Lipinski definition) is 0. The van der Waals surface area contributed by atoms with Crippen molar-refractivity contribution in [3.05, 3.63) is 42.5 Å². The Balaban J connectivity index is 2.20. The second kappa shape index (κ2) is 5.65. The Labute approximate surface area is 110 Å². The van der Waals surface area contributed by atoms with Crippen LogP contribution in [0.25, 0.3) is 5.69 Å². The molecule has 0 bridgehead atoms. The number of carbonyl (C=O) groups is 1. The number of carbonyl (C=O) groups excluding carboxylic acids is 1. The first kappa shape index (κ1) is 13.3. The third-order valence-electron chi connectivity index (χ3n) is 2.76. The van der Waals surface area contributed by atoms with E-state index >= 15 is 0 Å². The minimum absolute atomic E-state index is 0.0406. The summed E-state index contributed by atoms with van der Waals surface area (Å²) in [6.07, 6.45) is 3.13. The van der Waals surface area contributed by atoms with Crippen molar-refractivity contribution in [1.82, 2.24) is 9.78 Å². The number of hydrogen-bond acceptors (Lipinski definition) is 3. The highest BCUT2D eigenvalue weighted by molar-refractivity contribution is 5.80. The van der Waals surface area contributed by atoms with Crippen LogP contribution in [0.5, 0.6) is 5.75 Å². The largest absolute Gasteiger partial charge is 0.479 e. The van der Waals surface area contributed by atoms with E-state index in [9.17, 15) is 9.18 Å². The fourth-order valence-corrected chi connectivity index (χ4v) is 1.75. The zero-order chi connectivity index (χ0) is 13.8. The number of halogens is 1. The molecule has 5 heteroatoms. The first-order valence-electron chi connectivity index (χ1n) is 6.08. The topological polar surface area (TPSA) is 44.1 Å². The van der Waals surface area contributed by atoms with Crippen LogP contribution in [0.1, 0.15) is 20.3 Å². The van der Waals surface area contributed by atoms with Crippen molar-refractivity contribution in [3.8, 4) is 11.4 Å². The Hall–Kier alpha value is -2.17. The maximum absolute atomic E-state index is 13.6. The molecule has 0 aliphatic carbocycles. The molecule has 4 nitrogen and oxygen atoms in total. The molecule has 0 saturated carbocycles. The molecular weight excluding hydrogens is 247 g/mol. The molecule has 2 aromatic rings. The highest BCUT2D eigenvalue weighted by atomic mass is 19.1. The molecule has 0 fully saturated rings. The first-order chi connectivity index (χ1) is 9.11. The molecule has 1 atom stereocenters. The van der Waals surface area contributed by atoms with Gasteiger partial charge in [0.2, 0.25) is 0 Å². The minimum Gasteiger partial charge on any atom is -0.479 e. The summed E-state index contributed by atoms with van der Waals surface area (Å²) in [5.74, 6) is 0.0437. The van der Waals surface area contributed by atoms with Gasteiger partial charge in [-0.2, -0.15) is 5.10 Å². The quantitative estimate of drug-likeness (QED) is 0.832. The maximum atomic E-state index is 13.6. The number of benzene rings is 1. The molecule has 100 valence electrons. The smallest absolute Gasteiger partial charge is 0.170 e. The standard InChI is InChI=1S/C14H15FN2O2/c1-3-14(10(2)18)19-11-8-16-17(9-11)13-7-5-4-6-12(13)15/h4-9,14H,3H2,1-2H3. The van der Waals surface area contributed by atoms with E-state index in [0.717, 1.165) is 0 Å². The van der Waals surface area contributed by atoms with Gasteiger partial charge in [0.15, 0.2) is 17.6 Å². The number of nitrogens with zero attached hydrogens (tertiary/aromatic N) is 2. The van der Waals surface area contributed by atoms with E-state index in [1.54, 1.807) is 24.4 Å². The van der Waals surface area contributed by atoms with E-state index in [4.69, 9.17) is 4.74 Å². The second-order valence-electron chi connectivity index (χ2n) is 4.20. The summed E-state index contributed by atoms with van der Waals surface area (Å²) < 4.78 is 20.5. The van der Waals surface area contributed by atoms with Gasteiger partial charge in [0.05, 0.1) is 12.4 Å². The Kier molecular flexibility index (Phi) is 3.94. The highest BCUT2D eigenvalue weighted by Crippen LogP contribution is 2.18. The Bertz CT molecular complexity index is 580. The average molecular weight is 262 g/mol. The minimum atomic E-state index is -0.488. The monoisotopic (exact) mass is 262 g/mol. The first-order valence-corrected chi connectivity index (χ1v) is 6.08. The molecule has 1 aromatic heterocycles. The number of aromatic nitrogens is 2. The van der Waals surface area contributed by atoms with Crippen molar-refractivity contribution in [3.63, 3.8) is 0 Å². The molecule has 1 unspecified atom stereocenters. The van der Waals surface area contributed by atoms with Crippen molar-refractivity contribution in [2.45, 2.75) is 26.4 Å². The van der Waals surface area contributed by atoms with Crippen molar-refractivity contribution in [2.75, 3.05) is 0 Å². The lowest BCUT2D eigenvalue weighted by molar-refractivity contribution is -0.123. The molecule has 2 rings (SSSR count). The van der Waals surface area contributed by atoms with Gasteiger partial charge in [-0.25, -0.2) is 9.07 Å². The van der Waals surface area contributed by atoms with Gasteiger partial charge in [-0.15, -0.1) is 0 Å². The highest BCUT2D eigenvalue weighted by Gasteiger charge is 2.15. The van der Waals surface area contributed by atoms with E-state index in [2.05, 4.69) is 5.10 Å². The third-order valence-corrected chi connectivity index (χ3v) is 2.76. The normalized spacial score (nSPS) is 12.2. The van der Waals surface area contributed by atoms with Crippen molar-refractivity contribution < 1.29 is 13.9 Å². The van der Waals surface area contributed by atoms with Gasteiger partial charge in [0, 0.05) is 0 Å². The summed E-state index contributed by atoms with van der Waals surface area (Å²) in [6.45, 7) is 3.35. The van der Waals surface area contributed by atoms with Crippen molar-refractivity contribution in [2.24, 2.45) is 0 Å². The van der Waals surface area contributed by atoms with Gasteiger partial charge in [0.25, 0.3) is 0 Å². The molecular formula is C14H15FN2O2. The predicted octanol–water partition coefficient (Wildman–Crippen LogP) is 2.76. The Morgan fingerprint density at radius 2 is 2.21 bits per heavy atom. The lowest BCUT2D eigenvalue weighted by atomic mass is 10.2. The van der Waals surface area contributed by atoms with Gasteiger partial charge in [-0.3, -0.25) is 4.79 Å². The molecule has 19 heavy (non-hydrogen) atoms. The fraction of sp³-hybridized carbons (Fsp3) is 0.286. The fourth-order valence-electron chi connectivity index (χ4n) is 1.75. The number of ether oxygens (including phenoxy) is 1. The SMILES string of the molecule is CCC(Oc1cnn(-c2ccccc2F)c1)C(C)=O. The molecule has 0 saturated heterocycles. The summed E-state index contributed by atoms with van der Waals surface area (Å²) in [5.41, 5.74) is 0.341. The number of Topliss-reactive ketones (excluding diaryl/α,β-unsaturated/α-hetero) is 1. The molecule has 0 aliphatic heterocycles. The van der Waals surface area contributed by atoms with Crippen LogP contribution < -0.4 is 4.74 Å². The van der Waals surface area contributed by atoms with Gasteiger partial charge in [0.1, 0.15) is 11.5 Å². The van der Waals surface area contributed by atoms with Crippen LogP contribution in [0, 0.1) is 5.82 Å². The van der Waals surface area contributed by atoms with Gasteiger partial charge in [-0.1, -0.05) is 19.1 Å². The second-order valence-corrected chi connectivity index (χ2v) is 4.20. The van der Waals surface area contributed by atoms with Crippen LogP contribution in [-0.4, -0.2) is 21.7 Å². The molecule has 0 N–H and O–H groups in total. The molecule has 0 aliphatic rings. The number of rotatable bonds is 5. The molecule has 0 spiro atoms. The van der Waals surface area contributed by atoms with E-state index in [0.29, 0.717) is 17.9 Å². The van der Waals surface area contributed by atoms with Crippen LogP contribution >= 0.6 is 0 Å². The predicted molar refractivity (Wildman–Crippen MR) is 68.9 cm³/mol. The molecule has 0 amide bonds. The Morgan fingerprint density at radius 3 is 2.84 bits per heavy atom. The number of para-hydroxylation sites is 1. The van der Waals surface area contributed by atoms with Crippen LogP contribution in [-0.2, 0) is 4.79 Å². The van der Waals surface area contributed by atoms with Crippen LogP contribution in [0.15, 0.2) is 36.7 Å². The van der Waals surface area contributed by atoms with E-state index in [1.807, 2.05) is 6.92 Å². The van der Waals surface area contributed by atoms with Crippen LogP contribution in [0.4, 0.5) is 4.39 Å². The molecule has 0 radical (unpaired) electrons. The lowest BCUT2D eigenvalue weighted by Crippen LogP contribution is -2.23. The van der Waals surface area contributed by atoms with E-state index in [1.165, 1.54) is 23.9 Å². The van der Waals surface area contributed by atoms with Crippen LogP contribution in [0.3, 0.4) is 0 Å². The summed E-state index contributed by atoms with van der Waals surface area (Å²) in [4.78, 5) is 11.3. The van der Waals surface area contributed by atoms with Crippen molar-refractivity contribution >= 4 is 5.78 Å². The third kappa shape index (κ3) is 2.99. The van der Waals surface area contributed by atoms with Crippen LogP contribution in [0.2, 0.25) is 0 Å². The molecule has 1 aromatic carbocycles.